The summed E-state index contributed by atoms with van der Waals surface area (Å²) in [6, 6.07) is 15.8. The number of nitrogens with one attached hydrogen (secondary N) is 2. The molecule has 5 rings (SSSR count). The van der Waals surface area contributed by atoms with E-state index in [1.165, 1.54) is 4.90 Å². The molecule has 0 bridgehead atoms. The van der Waals surface area contributed by atoms with Crippen LogP contribution in [0.1, 0.15) is 23.2 Å². The van der Waals surface area contributed by atoms with Crippen molar-refractivity contribution in [2.24, 2.45) is 5.92 Å². The number of hydrogen-bond donors (Lipinski definition) is 2. The number of carbonyl (C=O) groups is 3. The lowest BCUT2D eigenvalue weighted by atomic mass is 9.96. The van der Waals surface area contributed by atoms with Gasteiger partial charge in [0.15, 0.2) is 0 Å². The van der Waals surface area contributed by atoms with Crippen molar-refractivity contribution < 1.29 is 14.4 Å². The normalized spacial score (nSPS) is 15.9. The molecule has 1 aromatic heterocycles. The topological polar surface area (TPSA) is 108 Å². The van der Waals surface area contributed by atoms with Crippen molar-refractivity contribution >= 4 is 40.7 Å². The predicted molar refractivity (Wildman–Crippen MR) is 129 cm³/mol. The second-order valence-corrected chi connectivity index (χ2v) is 8.33. The van der Waals surface area contributed by atoms with E-state index in [0.717, 1.165) is 25.9 Å². The molecule has 0 atom stereocenters. The van der Waals surface area contributed by atoms with Gasteiger partial charge in [0.2, 0.25) is 17.8 Å². The first-order valence-electron chi connectivity index (χ1n) is 11.2. The zero-order valence-corrected chi connectivity index (χ0v) is 18.5. The molecule has 0 aliphatic carbocycles. The average Bonchev–Trinajstić information content (AvgIpc) is 2.89. The van der Waals surface area contributed by atoms with Gasteiger partial charge in [-0.05, 0) is 55.3 Å². The highest BCUT2D eigenvalue weighted by molar-refractivity contribution is 6.15. The Kier molecular flexibility index (Phi) is 5.90. The van der Waals surface area contributed by atoms with E-state index < -0.39 is 0 Å². The fraction of sp³-hybridized carbons (Fsp3) is 0.240. The molecule has 0 spiro atoms. The Morgan fingerprint density at radius 2 is 1.65 bits per heavy atom. The molecule has 1 saturated heterocycles. The third kappa shape index (κ3) is 4.45. The molecule has 34 heavy (non-hydrogen) atoms. The van der Waals surface area contributed by atoms with Gasteiger partial charge in [0.25, 0.3) is 5.91 Å². The quantitative estimate of drug-likeness (QED) is 0.625. The molecule has 0 unspecified atom stereocenters. The Morgan fingerprint density at radius 1 is 0.941 bits per heavy atom. The summed E-state index contributed by atoms with van der Waals surface area (Å²) in [6.07, 6.45) is 4.87. The number of nitrogens with zero attached hydrogens (tertiary/aromatic N) is 4. The maximum atomic E-state index is 13.1. The summed E-state index contributed by atoms with van der Waals surface area (Å²) in [6.45, 7) is 1.40. The van der Waals surface area contributed by atoms with E-state index in [9.17, 15) is 14.4 Å². The van der Waals surface area contributed by atoms with E-state index in [-0.39, 0.29) is 30.2 Å². The maximum absolute atomic E-state index is 13.1. The molecule has 9 heteroatoms. The third-order valence-corrected chi connectivity index (χ3v) is 6.12. The van der Waals surface area contributed by atoms with Gasteiger partial charge >= 0.3 is 0 Å². The number of rotatable bonds is 4. The standard InChI is InChI=1S/C25H24N6O3/c32-22-16-31(21-5-2-1-4-20(21)29-22)24(34)18-6-8-19(9-7-18)28-23(33)17-10-14-30(15-11-17)25-26-12-3-13-27-25/h1-9,12-13,17H,10-11,14-16H2,(H,28,33)(H,29,32). The van der Waals surface area contributed by atoms with Crippen LogP contribution in [0.5, 0.6) is 0 Å². The van der Waals surface area contributed by atoms with E-state index in [2.05, 4.69) is 25.5 Å². The molecule has 2 aliphatic heterocycles. The minimum absolute atomic E-state index is 0.0330. The molecule has 2 N–H and O–H groups in total. The zero-order chi connectivity index (χ0) is 23.5. The van der Waals surface area contributed by atoms with Gasteiger partial charge in [-0.3, -0.25) is 19.3 Å². The second-order valence-electron chi connectivity index (χ2n) is 8.33. The fourth-order valence-corrected chi connectivity index (χ4v) is 4.31. The van der Waals surface area contributed by atoms with Gasteiger partial charge < -0.3 is 15.5 Å². The van der Waals surface area contributed by atoms with Gasteiger partial charge in [0, 0.05) is 42.7 Å². The maximum Gasteiger partial charge on any atom is 0.258 e. The van der Waals surface area contributed by atoms with Crippen LogP contribution in [0.4, 0.5) is 23.0 Å². The molecule has 2 aromatic carbocycles. The number of anilines is 4. The number of fused-ring (bicyclic) bond motifs is 1. The van der Waals surface area contributed by atoms with Gasteiger partial charge in [0.1, 0.15) is 6.54 Å². The van der Waals surface area contributed by atoms with Crippen LogP contribution in [-0.4, -0.2) is 47.3 Å². The molecule has 1 fully saturated rings. The predicted octanol–water partition coefficient (Wildman–Crippen LogP) is 2.93. The lowest BCUT2D eigenvalue weighted by molar-refractivity contribution is -0.120. The molecule has 3 aromatic rings. The Labute approximate surface area is 196 Å². The number of aromatic nitrogens is 2. The molecule has 3 heterocycles. The number of benzene rings is 2. The van der Waals surface area contributed by atoms with Gasteiger partial charge in [0.05, 0.1) is 11.4 Å². The summed E-state index contributed by atoms with van der Waals surface area (Å²) in [5, 5.41) is 5.74. The average molecular weight is 457 g/mol. The Balaban J connectivity index is 1.20. The minimum Gasteiger partial charge on any atom is -0.341 e. The minimum atomic E-state index is -0.268. The lowest BCUT2D eigenvalue weighted by Gasteiger charge is -2.31. The summed E-state index contributed by atoms with van der Waals surface area (Å²) in [5.41, 5.74) is 2.35. The molecular formula is C25H24N6O3. The van der Waals surface area contributed by atoms with E-state index >= 15 is 0 Å². The van der Waals surface area contributed by atoms with Crippen molar-refractivity contribution in [3.63, 3.8) is 0 Å². The lowest BCUT2D eigenvalue weighted by Crippen LogP contribution is -2.42. The summed E-state index contributed by atoms with van der Waals surface area (Å²) >= 11 is 0. The van der Waals surface area contributed by atoms with Crippen molar-refractivity contribution in [2.75, 3.05) is 40.1 Å². The van der Waals surface area contributed by atoms with E-state index in [1.807, 2.05) is 12.1 Å². The fourth-order valence-electron chi connectivity index (χ4n) is 4.31. The Bertz CT molecular complexity index is 1210. The van der Waals surface area contributed by atoms with Crippen molar-refractivity contribution in [1.29, 1.82) is 0 Å². The summed E-state index contributed by atoms with van der Waals surface area (Å²) in [5.74, 6) is 0.0610. The first-order valence-corrected chi connectivity index (χ1v) is 11.2. The van der Waals surface area contributed by atoms with Crippen LogP contribution >= 0.6 is 0 Å². The zero-order valence-electron chi connectivity index (χ0n) is 18.5. The van der Waals surface area contributed by atoms with Gasteiger partial charge in [-0.15, -0.1) is 0 Å². The van der Waals surface area contributed by atoms with Crippen LogP contribution < -0.4 is 20.4 Å². The molecule has 2 aliphatic rings. The number of carbonyl (C=O) groups excluding carboxylic acids is 3. The third-order valence-electron chi connectivity index (χ3n) is 6.12. The van der Waals surface area contributed by atoms with Crippen LogP contribution in [-0.2, 0) is 9.59 Å². The summed E-state index contributed by atoms with van der Waals surface area (Å²) in [4.78, 5) is 50.0. The van der Waals surface area contributed by atoms with Crippen LogP contribution in [0.15, 0.2) is 67.0 Å². The van der Waals surface area contributed by atoms with Gasteiger partial charge in [-0.1, -0.05) is 12.1 Å². The van der Waals surface area contributed by atoms with Gasteiger partial charge in [-0.25, -0.2) is 9.97 Å². The molecule has 172 valence electrons. The van der Waals surface area contributed by atoms with Crippen molar-refractivity contribution in [3.8, 4) is 0 Å². The van der Waals surface area contributed by atoms with Crippen molar-refractivity contribution in [3.05, 3.63) is 72.6 Å². The first-order chi connectivity index (χ1) is 16.6. The summed E-state index contributed by atoms with van der Waals surface area (Å²) < 4.78 is 0. The van der Waals surface area contributed by atoms with Crippen molar-refractivity contribution in [1.82, 2.24) is 9.97 Å². The Morgan fingerprint density at radius 3 is 2.38 bits per heavy atom. The molecule has 3 amide bonds. The molecular weight excluding hydrogens is 432 g/mol. The van der Waals surface area contributed by atoms with Crippen molar-refractivity contribution in [2.45, 2.75) is 12.8 Å². The Hall–Kier alpha value is -4.27. The molecule has 9 nitrogen and oxygen atoms in total. The number of hydrogen-bond acceptors (Lipinski definition) is 6. The number of piperidine rings is 1. The van der Waals surface area contributed by atoms with E-state index in [1.54, 1.807) is 54.9 Å². The second kappa shape index (κ2) is 9.30. The number of para-hydroxylation sites is 2. The molecule has 0 radical (unpaired) electrons. The van der Waals surface area contributed by atoms with E-state index in [4.69, 9.17) is 0 Å². The van der Waals surface area contributed by atoms with Crippen LogP contribution in [0.3, 0.4) is 0 Å². The number of amides is 3. The highest BCUT2D eigenvalue weighted by Crippen LogP contribution is 2.30. The van der Waals surface area contributed by atoms with Crippen LogP contribution in [0.25, 0.3) is 0 Å². The monoisotopic (exact) mass is 456 g/mol. The van der Waals surface area contributed by atoms with Gasteiger partial charge in [-0.2, -0.15) is 0 Å². The van der Waals surface area contributed by atoms with Crippen LogP contribution in [0.2, 0.25) is 0 Å². The van der Waals surface area contributed by atoms with Crippen LogP contribution in [0, 0.1) is 5.92 Å². The first kappa shape index (κ1) is 21.6. The highest BCUT2D eigenvalue weighted by Gasteiger charge is 2.28. The SMILES string of the molecule is O=C1CN(C(=O)c2ccc(NC(=O)C3CCN(c4ncccn4)CC3)cc2)c2ccccc2N1. The highest BCUT2D eigenvalue weighted by atomic mass is 16.2. The van der Waals surface area contributed by atoms with E-state index in [0.29, 0.717) is 28.6 Å². The smallest absolute Gasteiger partial charge is 0.258 e. The largest absolute Gasteiger partial charge is 0.341 e. The summed E-state index contributed by atoms with van der Waals surface area (Å²) in [7, 11) is 0. The molecule has 0 saturated carbocycles.